The van der Waals surface area contributed by atoms with Crippen molar-refractivity contribution in [1.29, 1.82) is 0 Å². The normalized spacial score (nSPS) is 19.4. The zero-order valence-corrected chi connectivity index (χ0v) is 35.6. The SMILES string of the molecule is CCCCC[C@H]1CC[C@H](c2ccc(CCc3ccc4cc(F)ccc4c3)cc2)CC1.CCC[C@H]1CC[C@H](c2ccc(CCc3ccc4c(F)c(F)ccc4c3)cc2)CC1. The van der Waals surface area contributed by atoms with E-state index in [1.54, 1.807) is 29.8 Å². The van der Waals surface area contributed by atoms with Gasteiger partial charge >= 0.3 is 0 Å². The average molecular weight is 795 g/mol. The number of benzene rings is 6. The van der Waals surface area contributed by atoms with Crippen LogP contribution < -0.4 is 0 Å². The topological polar surface area (TPSA) is 0 Å². The van der Waals surface area contributed by atoms with E-state index < -0.39 is 11.6 Å². The van der Waals surface area contributed by atoms with E-state index in [9.17, 15) is 13.2 Å². The Labute approximate surface area is 352 Å². The molecule has 0 N–H and O–H groups in total. The molecule has 6 aromatic rings. The molecule has 0 radical (unpaired) electrons. The molecule has 0 heterocycles. The van der Waals surface area contributed by atoms with Gasteiger partial charge in [-0.05, 0) is 168 Å². The van der Waals surface area contributed by atoms with Crippen LogP contribution in [0.1, 0.15) is 149 Å². The van der Waals surface area contributed by atoms with Crippen LogP contribution in [0, 0.1) is 29.3 Å². The molecule has 0 unspecified atom stereocenters. The third-order valence-electron chi connectivity index (χ3n) is 13.8. The maximum absolute atomic E-state index is 13.9. The van der Waals surface area contributed by atoms with Gasteiger partial charge in [0.25, 0.3) is 0 Å². The van der Waals surface area contributed by atoms with E-state index in [1.165, 1.54) is 118 Å². The highest BCUT2D eigenvalue weighted by molar-refractivity contribution is 5.84. The Balaban J connectivity index is 0.000000179. The first kappa shape index (κ1) is 42.7. The van der Waals surface area contributed by atoms with E-state index in [0.29, 0.717) is 5.39 Å². The number of aryl methyl sites for hydroxylation is 4. The summed E-state index contributed by atoms with van der Waals surface area (Å²) >= 11 is 0. The van der Waals surface area contributed by atoms with Crippen LogP contribution in [0.5, 0.6) is 0 Å². The van der Waals surface area contributed by atoms with Crippen LogP contribution in [0.25, 0.3) is 21.5 Å². The van der Waals surface area contributed by atoms with E-state index in [2.05, 4.69) is 74.5 Å². The van der Waals surface area contributed by atoms with Crippen LogP contribution in [0.2, 0.25) is 0 Å². The van der Waals surface area contributed by atoms with Crippen molar-refractivity contribution in [2.75, 3.05) is 0 Å². The zero-order valence-electron chi connectivity index (χ0n) is 35.6. The van der Waals surface area contributed by atoms with Gasteiger partial charge in [0.05, 0.1) is 0 Å². The van der Waals surface area contributed by atoms with Gasteiger partial charge in [0.15, 0.2) is 11.6 Å². The predicted octanol–water partition coefficient (Wildman–Crippen LogP) is 16.6. The summed E-state index contributed by atoms with van der Waals surface area (Å²) in [5, 5.41) is 3.21. The molecule has 2 aliphatic rings. The van der Waals surface area contributed by atoms with Crippen LogP contribution in [-0.4, -0.2) is 0 Å². The van der Waals surface area contributed by atoms with Gasteiger partial charge in [0, 0.05) is 5.39 Å². The van der Waals surface area contributed by atoms with Gasteiger partial charge in [-0.3, -0.25) is 0 Å². The maximum Gasteiger partial charge on any atom is 0.166 e. The molecule has 0 nitrogen and oxygen atoms in total. The van der Waals surface area contributed by atoms with Crippen molar-refractivity contribution in [3.8, 4) is 0 Å². The second kappa shape index (κ2) is 21.2. The van der Waals surface area contributed by atoms with E-state index >= 15 is 0 Å². The van der Waals surface area contributed by atoms with Gasteiger partial charge in [-0.2, -0.15) is 0 Å². The lowest BCUT2D eigenvalue weighted by Crippen LogP contribution is -2.13. The molecule has 310 valence electrons. The summed E-state index contributed by atoms with van der Waals surface area (Å²) in [4.78, 5) is 0. The Morgan fingerprint density at radius 1 is 0.424 bits per heavy atom. The molecular weight excluding hydrogens is 730 g/mol. The number of hydrogen-bond donors (Lipinski definition) is 0. The lowest BCUT2D eigenvalue weighted by molar-refractivity contribution is 0.303. The Hall–Kier alpha value is -4.37. The van der Waals surface area contributed by atoms with Crippen molar-refractivity contribution in [3.05, 3.63) is 166 Å². The molecule has 6 aromatic carbocycles. The van der Waals surface area contributed by atoms with Crippen molar-refractivity contribution >= 4 is 21.5 Å². The molecular formula is C56H65F3. The van der Waals surface area contributed by atoms with Crippen LogP contribution in [0.4, 0.5) is 13.2 Å². The molecule has 2 fully saturated rings. The Bertz CT molecular complexity index is 2200. The minimum Gasteiger partial charge on any atom is -0.207 e. The van der Waals surface area contributed by atoms with Crippen molar-refractivity contribution in [2.45, 2.75) is 141 Å². The first-order valence-corrected chi connectivity index (χ1v) is 23.1. The Morgan fingerprint density at radius 2 is 0.898 bits per heavy atom. The quantitative estimate of drug-likeness (QED) is 0.0964. The zero-order chi connectivity index (χ0) is 41.0. The second-order valence-corrected chi connectivity index (χ2v) is 17.9. The molecule has 3 heteroatoms. The molecule has 0 spiro atoms. The Kier molecular flexibility index (Phi) is 15.4. The minimum absolute atomic E-state index is 0.166. The molecule has 0 aliphatic heterocycles. The largest absolute Gasteiger partial charge is 0.207 e. The highest BCUT2D eigenvalue weighted by atomic mass is 19.2. The van der Waals surface area contributed by atoms with E-state index in [1.807, 2.05) is 24.3 Å². The van der Waals surface area contributed by atoms with Gasteiger partial charge in [-0.15, -0.1) is 0 Å². The average Bonchev–Trinajstić information content (AvgIpc) is 3.27. The van der Waals surface area contributed by atoms with Crippen molar-refractivity contribution in [2.24, 2.45) is 11.8 Å². The molecule has 2 aliphatic carbocycles. The fraction of sp³-hybridized carbons (Fsp3) is 0.429. The fourth-order valence-electron chi connectivity index (χ4n) is 10.0. The summed E-state index contributed by atoms with van der Waals surface area (Å²) < 4.78 is 40.6. The fourth-order valence-corrected chi connectivity index (χ4v) is 10.0. The molecule has 8 rings (SSSR count). The summed E-state index contributed by atoms with van der Waals surface area (Å²) in [6.45, 7) is 4.59. The first-order chi connectivity index (χ1) is 28.8. The van der Waals surface area contributed by atoms with Gasteiger partial charge in [0.1, 0.15) is 5.82 Å². The third-order valence-corrected chi connectivity index (χ3v) is 13.8. The van der Waals surface area contributed by atoms with Crippen molar-refractivity contribution in [1.82, 2.24) is 0 Å². The van der Waals surface area contributed by atoms with E-state index in [0.717, 1.165) is 71.1 Å². The third kappa shape index (κ3) is 11.9. The minimum atomic E-state index is -0.788. The molecule has 59 heavy (non-hydrogen) atoms. The summed E-state index contributed by atoms with van der Waals surface area (Å²) in [6.07, 6.45) is 23.2. The second-order valence-electron chi connectivity index (χ2n) is 17.9. The summed E-state index contributed by atoms with van der Waals surface area (Å²) in [5.74, 6) is 1.71. The molecule has 0 atom stereocenters. The molecule has 2 saturated carbocycles. The number of rotatable bonds is 14. The first-order valence-electron chi connectivity index (χ1n) is 23.1. The Morgan fingerprint density at radius 3 is 1.47 bits per heavy atom. The monoisotopic (exact) mass is 795 g/mol. The smallest absolute Gasteiger partial charge is 0.166 e. The molecule has 0 saturated heterocycles. The highest BCUT2D eigenvalue weighted by Gasteiger charge is 2.23. The standard InChI is InChI=1S/C29H35F.C27H30F2/c1-2-3-4-5-22-8-13-25(14-9-22)26-15-10-23(11-16-26)6-7-24-12-17-28-21-29(30)19-18-27(28)20-24;1-2-3-19-6-11-22(12-7-19)23-13-8-20(9-14-23)4-5-21-10-16-25-24(18-21)15-17-26(28)27(25)29/h10-12,15-22,25H,2-9,13-14H2,1H3;8-10,13-19,22H,2-7,11-12H2,1H3/t22-,25-;19-,22-. The van der Waals surface area contributed by atoms with Crippen LogP contribution in [0.3, 0.4) is 0 Å². The van der Waals surface area contributed by atoms with Gasteiger partial charge < -0.3 is 0 Å². The summed E-state index contributed by atoms with van der Waals surface area (Å²) in [7, 11) is 0. The van der Waals surface area contributed by atoms with Gasteiger partial charge in [-0.1, -0.05) is 149 Å². The highest BCUT2D eigenvalue weighted by Crippen LogP contribution is 2.39. The van der Waals surface area contributed by atoms with Crippen LogP contribution in [0.15, 0.2) is 115 Å². The number of hydrogen-bond acceptors (Lipinski definition) is 0. The summed E-state index contributed by atoms with van der Waals surface area (Å²) in [6, 6.07) is 38.4. The van der Waals surface area contributed by atoms with Gasteiger partial charge in [0.2, 0.25) is 0 Å². The predicted molar refractivity (Wildman–Crippen MR) is 244 cm³/mol. The van der Waals surface area contributed by atoms with Crippen LogP contribution >= 0.6 is 0 Å². The van der Waals surface area contributed by atoms with E-state index in [4.69, 9.17) is 0 Å². The van der Waals surface area contributed by atoms with E-state index in [-0.39, 0.29) is 5.82 Å². The van der Waals surface area contributed by atoms with Crippen LogP contribution in [-0.2, 0) is 25.7 Å². The molecule has 0 amide bonds. The maximum atomic E-state index is 13.9. The van der Waals surface area contributed by atoms with Crippen molar-refractivity contribution < 1.29 is 13.2 Å². The number of fused-ring (bicyclic) bond motifs is 2. The molecule has 0 bridgehead atoms. The lowest BCUT2D eigenvalue weighted by atomic mass is 9.77. The summed E-state index contributed by atoms with van der Waals surface area (Å²) in [5.41, 5.74) is 8.25. The lowest BCUT2D eigenvalue weighted by Gasteiger charge is -2.29. The van der Waals surface area contributed by atoms with Crippen molar-refractivity contribution in [3.63, 3.8) is 0 Å². The van der Waals surface area contributed by atoms with Gasteiger partial charge in [-0.25, -0.2) is 13.2 Å². The number of unbranched alkanes of at least 4 members (excludes halogenated alkanes) is 2. The molecule has 0 aromatic heterocycles. The number of halogens is 3.